The molecule has 121 valence electrons. The van der Waals surface area contributed by atoms with Gasteiger partial charge in [0.25, 0.3) is 0 Å². The smallest absolute Gasteiger partial charge is 0.150 e. The second kappa shape index (κ2) is 7.39. The third-order valence-electron chi connectivity index (χ3n) is 3.79. The monoisotopic (exact) mass is 374 g/mol. The Morgan fingerprint density at radius 3 is 2.26 bits per heavy atom. The molecule has 2 aromatic carbocycles. The molecule has 0 saturated heterocycles. The summed E-state index contributed by atoms with van der Waals surface area (Å²) in [5.41, 5.74) is 1.95. The Morgan fingerprint density at radius 2 is 1.70 bits per heavy atom. The van der Waals surface area contributed by atoms with Crippen LogP contribution < -0.4 is 0 Å². The van der Waals surface area contributed by atoms with E-state index in [4.69, 9.17) is 0 Å². The molecule has 0 aliphatic rings. The molecule has 0 saturated carbocycles. The van der Waals surface area contributed by atoms with E-state index in [1.165, 1.54) is 0 Å². The first-order chi connectivity index (χ1) is 10.8. The van der Waals surface area contributed by atoms with E-state index in [2.05, 4.69) is 15.9 Å². The Hall–Kier alpha value is -1.49. The molecular formula is C19H21BrNO2. The summed E-state index contributed by atoms with van der Waals surface area (Å²) >= 11 is 3.42. The number of nitrogens with zero attached hydrogens (tertiary/aromatic N) is 1. The van der Waals surface area contributed by atoms with Crippen LogP contribution >= 0.6 is 15.9 Å². The van der Waals surface area contributed by atoms with E-state index in [1.807, 2.05) is 63.2 Å². The highest BCUT2D eigenvalue weighted by Crippen LogP contribution is 2.31. The fourth-order valence-electron chi connectivity index (χ4n) is 2.53. The van der Waals surface area contributed by atoms with Gasteiger partial charge in [-0.15, -0.1) is 10.3 Å². The lowest BCUT2D eigenvalue weighted by Gasteiger charge is -2.35. The Morgan fingerprint density at radius 1 is 1.09 bits per heavy atom. The highest BCUT2D eigenvalue weighted by Gasteiger charge is 2.31. The lowest BCUT2D eigenvalue weighted by Crippen LogP contribution is -2.41. The van der Waals surface area contributed by atoms with Crippen LogP contribution in [0.2, 0.25) is 0 Å². The first-order valence-electron chi connectivity index (χ1n) is 7.58. The fraction of sp³-hybridized carbons (Fsp3) is 0.316. The van der Waals surface area contributed by atoms with Gasteiger partial charge in [-0.1, -0.05) is 52.3 Å². The normalized spacial score (nSPS) is 13.1. The molecule has 2 aromatic rings. The number of rotatable bonds is 5. The van der Waals surface area contributed by atoms with Crippen LogP contribution in [-0.2, 0) is 11.6 Å². The average Bonchev–Trinajstić information content (AvgIpc) is 2.52. The zero-order valence-corrected chi connectivity index (χ0v) is 15.2. The molecule has 0 amide bonds. The number of hydroxylamine groups is 2. The van der Waals surface area contributed by atoms with Gasteiger partial charge in [0, 0.05) is 15.6 Å². The van der Waals surface area contributed by atoms with Gasteiger partial charge in [-0.25, -0.2) is 0 Å². The van der Waals surface area contributed by atoms with Gasteiger partial charge in [0.05, 0.1) is 6.04 Å². The predicted molar refractivity (Wildman–Crippen MR) is 94.7 cm³/mol. The minimum Gasteiger partial charge on any atom is -0.298 e. The minimum absolute atomic E-state index is 0.343. The number of hydrogen-bond donors (Lipinski definition) is 0. The first kappa shape index (κ1) is 17.9. The molecule has 1 radical (unpaired) electrons. The van der Waals surface area contributed by atoms with Crippen LogP contribution in [0.1, 0.15) is 48.3 Å². The number of hydrogen-bond acceptors (Lipinski definition) is 2. The second-order valence-corrected chi connectivity index (χ2v) is 7.50. The second-order valence-electron chi connectivity index (χ2n) is 6.58. The van der Waals surface area contributed by atoms with Crippen LogP contribution in [0.4, 0.5) is 0 Å². The molecule has 1 atom stereocenters. The molecule has 0 fully saturated rings. The molecule has 2 rings (SSSR count). The number of benzene rings is 2. The van der Waals surface area contributed by atoms with Crippen molar-refractivity contribution in [2.24, 2.45) is 0 Å². The predicted octanol–water partition coefficient (Wildman–Crippen LogP) is 4.99. The van der Waals surface area contributed by atoms with Crippen molar-refractivity contribution in [2.45, 2.75) is 38.8 Å². The quantitative estimate of drug-likeness (QED) is 0.546. The summed E-state index contributed by atoms with van der Waals surface area (Å²) in [4.78, 5) is 11.3. The van der Waals surface area contributed by atoms with E-state index in [9.17, 15) is 10.0 Å². The van der Waals surface area contributed by atoms with Crippen LogP contribution in [-0.4, -0.2) is 16.9 Å². The molecule has 23 heavy (non-hydrogen) atoms. The Bertz CT molecular complexity index is 662. The van der Waals surface area contributed by atoms with Crippen molar-refractivity contribution in [1.82, 2.24) is 5.06 Å². The first-order valence-corrected chi connectivity index (χ1v) is 8.37. The largest absolute Gasteiger partial charge is 0.298 e. The third kappa shape index (κ3) is 4.50. The number of carbonyl (C=O) groups excluding carboxylic acids is 1. The fourth-order valence-corrected chi connectivity index (χ4v) is 2.80. The van der Waals surface area contributed by atoms with E-state index in [0.717, 1.165) is 26.9 Å². The van der Waals surface area contributed by atoms with Crippen molar-refractivity contribution in [3.8, 4) is 0 Å². The van der Waals surface area contributed by atoms with Crippen LogP contribution in [0.5, 0.6) is 0 Å². The Labute approximate surface area is 146 Å². The molecule has 3 nitrogen and oxygen atoms in total. The maximum atomic E-state index is 12.9. The molecule has 0 N–H and O–H groups in total. The summed E-state index contributed by atoms with van der Waals surface area (Å²) in [6.07, 6.45) is 1.34. The van der Waals surface area contributed by atoms with Gasteiger partial charge in [0.15, 0.2) is 0 Å². The lowest BCUT2D eigenvalue weighted by molar-refractivity contribution is -0.241. The molecular weight excluding hydrogens is 354 g/mol. The number of halogens is 1. The van der Waals surface area contributed by atoms with Crippen LogP contribution in [0.15, 0.2) is 53.0 Å². The third-order valence-corrected chi connectivity index (χ3v) is 4.32. The van der Waals surface area contributed by atoms with Gasteiger partial charge in [-0.3, -0.25) is 4.79 Å². The van der Waals surface area contributed by atoms with Gasteiger partial charge >= 0.3 is 0 Å². The molecule has 4 heteroatoms. The SMILES string of the molecule is CC(C)(C)N([O])C(Cc1ccccc1C=O)c1ccc(Br)cc1. The molecule has 0 aromatic heterocycles. The zero-order chi connectivity index (χ0) is 17.0. The summed E-state index contributed by atoms with van der Waals surface area (Å²) in [6, 6.07) is 14.9. The molecule has 0 bridgehead atoms. The number of carbonyl (C=O) groups is 1. The van der Waals surface area contributed by atoms with E-state index in [1.54, 1.807) is 6.07 Å². The van der Waals surface area contributed by atoms with Crippen molar-refractivity contribution in [3.05, 3.63) is 69.7 Å². The Kier molecular flexibility index (Phi) is 5.74. The van der Waals surface area contributed by atoms with Gasteiger partial charge in [0.2, 0.25) is 0 Å². The van der Waals surface area contributed by atoms with Crippen molar-refractivity contribution < 1.29 is 10.0 Å². The average molecular weight is 375 g/mol. The summed E-state index contributed by atoms with van der Waals surface area (Å²) < 4.78 is 0.974. The van der Waals surface area contributed by atoms with Crippen LogP contribution in [0, 0.1) is 0 Å². The standard InChI is InChI=1S/C19H21BrNO2/c1-19(2,3)21(23)18(14-8-10-17(20)11-9-14)12-15-6-4-5-7-16(15)13-22/h4-11,13,18H,12H2,1-3H3. The van der Waals surface area contributed by atoms with Crippen molar-refractivity contribution in [1.29, 1.82) is 0 Å². The van der Waals surface area contributed by atoms with Gasteiger partial charge in [0.1, 0.15) is 6.29 Å². The zero-order valence-electron chi connectivity index (χ0n) is 13.6. The summed E-state index contributed by atoms with van der Waals surface area (Å²) in [6.45, 7) is 5.70. The highest BCUT2D eigenvalue weighted by molar-refractivity contribution is 9.10. The van der Waals surface area contributed by atoms with Crippen LogP contribution in [0.3, 0.4) is 0 Å². The van der Waals surface area contributed by atoms with Crippen molar-refractivity contribution in [2.75, 3.05) is 0 Å². The van der Waals surface area contributed by atoms with Crippen LogP contribution in [0.25, 0.3) is 0 Å². The van der Waals surface area contributed by atoms with E-state index in [-0.39, 0.29) is 6.04 Å². The van der Waals surface area contributed by atoms with Gasteiger partial charge < -0.3 is 0 Å². The number of aldehydes is 1. The van der Waals surface area contributed by atoms with Gasteiger partial charge in [-0.2, -0.15) is 0 Å². The van der Waals surface area contributed by atoms with Crippen molar-refractivity contribution >= 4 is 22.2 Å². The Balaban J connectivity index is 2.41. The highest BCUT2D eigenvalue weighted by atomic mass is 79.9. The lowest BCUT2D eigenvalue weighted by atomic mass is 9.93. The summed E-state index contributed by atoms with van der Waals surface area (Å²) in [7, 11) is 0. The van der Waals surface area contributed by atoms with E-state index < -0.39 is 5.54 Å². The maximum Gasteiger partial charge on any atom is 0.150 e. The van der Waals surface area contributed by atoms with E-state index >= 15 is 0 Å². The topological polar surface area (TPSA) is 40.2 Å². The summed E-state index contributed by atoms with van der Waals surface area (Å²) in [5, 5.41) is 14.0. The molecule has 0 aliphatic heterocycles. The minimum atomic E-state index is -0.520. The van der Waals surface area contributed by atoms with Gasteiger partial charge in [-0.05, 0) is 50.5 Å². The van der Waals surface area contributed by atoms with E-state index in [0.29, 0.717) is 12.0 Å². The molecule has 1 unspecified atom stereocenters. The maximum absolute atomic E-state index is 12.9. The summed E-state index contributed by atoms with van der Waals surface area (Å²) in [5.74, 6) is 0. The van der Waals surface area contributed by atoms with Crippen molar-refractivity contribution in [3.63, 3.8) is 0 Å². The molecule has 0 spiro atoms. The molecule has 0 aliphatic carbocycles. The molecule has 0 heterocycles.